The largest absolute Gasteiger partial charge is 0.394 e. The summed E-state index contributed by atoms with van der Waals surface area (Å²) in [4.78, 5) is 13.5. The van der Waals surface area contributed by atoms with Gasteiger partial charge in [-0.3, -0.25) is 4.79 Å². The number of allylic oxidation sites excluding steroid dienone is 16. The fraction of sp³-hybridized carbons (Fsp3) is 0.809. The summed E-state index contributed by atoms with van der Waals surface area (Å²) in [5, 5.41) is 121. The molecule has 3 rings (SSSR count). The predicted octanol–water partition coefficient (Wildman–Crippen LogP) is 15.9. The van der Waals surface area contributed by atoms with E-state index in [1.54, 1.807) is 0 Å². The van der Waals surface area contributed by atoms with Crippen molar-refractivity contribution in [2.75, 3.05) is 26.4 Å². The highest BCUT2D eigenvalue weighted by molar-refractivity contribution is 5.76. The molecule has 0 aliphatic carbocycles. The van der Waals surface area contributed by atoms with E-state index in [9.17, 15) is 61.0 Å². The van der Waals surface area contributed by atoms with Gasteiger partial charge in [-0.1, -0.05) is 342 Å². The highest BCUT2D eigenvalue weighted by Gasteiger charge is 2.54. The first-order chi connectivity index (χ1) is 52.8. The van der Waals surface area contributed by atoms with Crippen molar-refractivity contribution in [1.29, 1.82) is 0 Å². The van der Waals surface area contributed by atoms with Gasteiger partial charge in [-0.05, 0) is 77.0 Å². The minimum absolute atomic E-state index is 0.244. The molecule has 19 nitrogen and oxygen atoms in total. The van der Waals surface area contributed by atoms with Crippen LogP contribution in [0.4, 0.5) is 0 Å². The Balaban J connectivity index is 1.34. The summed E-state index contributed by atoms with van der Waals surface area (Å²) in [5.41, 5.74) is 0. The van der Waals surface area contributed by atoms with Gasteiger partial charge < -0.3 is 89.9 Å². The number of unbranched alkanes of at least 4 members (excludes halogenated alkanes) is 37. The second-order valence-corrected chi connectivity index (χ2v) is 30.6. The van der Waals surface area contributed by atoms with Gasteiger partial charge in [-0.2, -0.15) is 0 Å². The van der Waals surface area contributed by atoms with Gasteiger partial charge in [-0.25, -0.2) is 0 Å². The molecule has 0 bridgehead atoms. The van der Waals surface area contributed by atoms with Crippen LogP contribution >= 0.6 is 0 Å². The summed E-state index contributed by atoms with van der Waals surface area (Å²) in [6.07, 6.45) is 66.3. The standard InChI is InChI=1S/C89H157NO18/c1-3-5-7-9-11-13-15-17-19-21-23-25-27-29-31-32-33-34-35-36-37-38-39-40-41-43-45-47-49-51-53-55-57-59-61-63-65-67-77(95)90-72(73(94)66-64-62-60-58-56-54-52-50-48-46-44-42-30-28-26-24-22-20-18-16-14-12-10-8-6-4-2)71-103-87-83(101)80(98)85(75(69-92)105-87)108-89-84(102)81(99)86(76(70-93)106-89)107-88-82(100)79(97)78(96)74(68-91)104-88/h5,7,11,13,17,19,23,25,29,31,33-34,36-37,39-40,72-76,78-89,91-94,96-102H,3-4,6,8-10,12,14-16,18,20-22,24,26-28,30,32,35,38,41-71H2,1-2H3,(H,90,95)/b7-5-,13-11-,19-17-,25-23-,31-29-,34-33-,37-36-,40-39-. The van der Waals surface area contributed by atoms with Crippen molar-refractivity contribution in [2.24, 2.45) is 0 Å². The third-order valence-corrected chi connectivity index (χ3v) is 21.2. The second-order valence-electron chi connectivity index (χ2n) is 30.6. The van der Waals surface area contributed by atoms with Crippen LogP contribution in [0, 0.1) is 0 Å². The molecule has 3 aliphatic rings. The number of aliphatic hydroxyl groups is 11. The molecule has 17 unspecified atom stereocenters. The summed E-state index contributed by atoms with van der Waals surface area (Å²) in [5.74, 6) is -0.244. The number of rotatable bonds is 69. The van der Waals surface area contributed by atoms with Crippen LogP contribution in [0.1, 0.15) is 328 Å². The fourth-order valence-electron chi connectivity index (χ4n) is 14.3. The van der Waals surface area contributed by atoms with Crippen LogP contribution in [0.15, 0.2) is 97.2 Å². The normalized spacial score (nSPS) is 25.9. The maximum absolute atomic E-state index is 13.5. The smallest absolute Gasteiger partial charge is 0.220 e. The van der Waals surface area contributed by atoms with Gasteiger partial charge in [0, 0.05) is 6.42 Å². The van der Waals surface area contributed by atoms with Crippen molar-refractivity contribution in [1.82, 2.24) is 5.32 Å². The Labute approximate surface area is 653 Å². The molecule has 0 aromatic heterocycles. The van der Waals surface area contributed by atoms with Crippen molar-refractivity contribution in [3.05, 3.63) is 97.2 Å². The van der Waals surface area contributed by atoms with Gasteiger partial charge in [-0.15, -0.1) is 0 Å². The zero-order chi connectivity index (χ0) is 78.1. The molecule has 626 valence electrons. The molecular formula is C89H157NO18. The van der Waals surface area contributed by atoms with Crippen molar-refractivity contribution in [2.45, 2.75) is 433 Å². The number of nitrogens with one attached hydrogen (secondary N) is 1. The van der Waals surface area contributed by atoms with Crippen molar-refractivity contribution in [3.8, 4) is 0 Å². The van der Waals surface area contributed by atoms with E-state index in [2.05, 4.69) is 116 Å². The zero-order valence-corrected chi connectivity index (χ0v) is 67.3. The van der Waals surface area contributed by atoms with Crippen LogP contribution in [0.25, 0.3) is 0 Å². The molecule has 0 radical (unpaired) electrons. The number of amides is 1. The van der Waals surface area contributed by atoms with Crippen LogP contribution in [0.2, 0.25) is 0 Å². The summed E-state index contributed by atoms with van der Waals surface area (Å²) >= 11 is 0. The van der Waals surface area contributed by atoms with E-state index in [1.165, 1.54) is 193 Å². The zero-order valence-electron chi connectivity index (χ0n) is 67.3. The average molecular weight is 1530 g/mol. The first-order valence-corrected chi connectivity index (χ1v) is 43.5. The van der Waals surface area contributed by atoms with Gasteiger partial charge in [0.05, 0.1) is 38.6 Å². The molecule has 1 amide bonds. The minimum Gasteiger partial charge on any atom is -0.394 e. The number of carbonyl (C=O) groups is 1. The first-order valence-electron chi connectivity index (χ1n) is 43.5. The molecule has 3 heterocycles. The molecule has 0 aromatic rings. The number of ether oxygens (including phenoxy) is 6. The Morgan fingerprint density at radius 3 is 1.00 bits per heavy atom. The van der Waals surface area contributed by atoms with Gasteiger partial charge in [0.1, 0.15) is 73.2 Å². The van der Waals surface area contributed by atoms with Crippen LogP contribution in [-0.2, 0) is 33.2 Å². The van der Waals surface area contributed by atoms with Crippen molar-refractivity contribution in [3.63, 3.8) is 0 Å². The van der Waals surface area contributed by atoms with Gasteiger partial charge in [0.2, 0.25) is 5.91 Å². The predicted molar refractivity (Wildman–Crippen MR) is 434 cm³/mol. The summed E-state index contributed by atoms with van der Waals surface area (Å²) < 4.78 is 34.6. The quantitative estimate of drug-likeness (QED) is 0.0199. The molecule has 0 saturated carbocycles. The van der Waals surface area contributed by atoms with E-state index in [0.717, 1.165) is 103 Å². The maximum atomic E-state index is 13.5. The lowest BCUT2D eigenvalue weighted by molar-refractivity contribution is -0.379. The third-order valence-electron chi connectivity index (χ3n) is 21.2. The van der Waals surface area contributed by atoms with Crippen LogP contribution < -0.4 is 5.32 Å². The Morgan fingerprint density at radius 2 is 0.639 bits per heavy atom. The lowest BCUT2D eigenvalue weighted by Crippen LogP contribution is -2.66. The fourth-order valence-corrected chi connectivity index (χ4v) is 14.3. The monoisotopic (exact) mass is 1530 g/mol. The van der Waals surface area contributed by atoms with E-state index in [0.29, 0.717) is 12.8 Å². The molecule has 17 atom stereocenters. The van der Waals surface area contributed by atoms with Gasteiger partial charge >= 0.3 is 0 Å². The average Bonchev–Trinajstić information content (AvgIpc) is 0.779. The van der Waals surface area contributed by atoms with E-state index in [-0.39, 0.29) is 18.9 Å². The molecule has 3 aliphatic heterocycles. The molecule has 3 saturated heterocycles. The second kappa shape index (κ2) is 68.1. The van der Waals surface area contributed by atoms with E-state index >= 15 is 0 Å². The minimum atomic E-state index is -1.98. The van der Waals surface area contributed by atoms with Crippen LogP contribution in [0.3, 0.4) is 0 Å². The number of aliphatic hydroxyl groups excluding tert-OH is 11. The summed E-state index contributed by atoms with van der Waals surface area (Å²) in [7, 11) is 0. The lowest BCUT2D eigenvalue weighted by atomic mass is 9.96. The van der Waals surface area contributed by atoms with Gasteiger partial charge in [0.25, 0.3) is 0 Å². The van der Waals surface area contributed by atoms with Crippen LogP contribution in [-0.4, -0.2) is 193 Å². The molecular weight excluding hydrogens is 1370 g/mol. The van der Waals surface area contributed by atoms with Crippen molar-refractivity contribution >= 4 is 5.91 Å². The SMILES string of the molecule is CC/C=C\C/C=C\C/C=C\C/C=C\C/C=C\C/C=C\C/C=C\C/C=C\CCCCCCCCCCCCCCC(=O)NC(COC1OC(CO)C(OC2OC(CO)C(OC3OC(CO)C(O)C(O)C3O)C(O)C2O)C(O)C1O)C(O)CCCCCCCCCCCCCCCCCCCCCCCCCCCC. The molecule has 19 heteroatoms. The number of carbonyl (C=O) groups excluding carboxylic acids is 1. The topological polar surface area (TPSA) is 307 Å². The Morgan fingerprint density at radius 1 is 0.343 bits per heavy atom. The number of hydrogen-bond acceptors (Lipinski definition) is 18. The maximum Gasteiger partial charge on any atom is 0.220 e. The van der Waals surface area contributed by atoms with E-state index in [1.807, 2.05) is 0 Å². The Hall–Kier alpha value is -3.29. The third kappa shape index (κ3) is 46.8. The molecule has 0 aromatic carbocycles. The molecule has 0 spiro atoms. The van der Waals surface area contributed by atoms with Crippen LogP contribution in [0.5, 0.6) is 0 Å². The molecule has 108 heavy (non-hydrogen) atoms. The highest BCUT2D eigenvalue weighted by Crippen LogP contribution is 2.33. The summed E-state index contributed by atoms with van der Waals surface area (Å²) in [6.45, 7) is 1.72. The lowest BCUT2D eigenvalue weighted by Gasteiger charge is -2.48. The first kappa shape index (κ1) is 98.9. The Bertz CT molecular complexity index is 2330. The summed E-state index contributed by atoms with van der Waals surface area (Å²) in [6, 6.07) is -0.896. The molecule has 12 N–H and O–H groups in total. The van der Waals surface area contributed by atoms with E-state index < -0.39 is 124 Å². The van der Waals surface area contributed by atoms with E-state index in [4.69, 9.17) is 28.4 Å². The number of hydrogen-bond donors (Lipinski definition) is 12. The van der Waals surface area contributed by atoms with Gasteiger partial charge in [0.15, 0.2) is 18.9 Å². The van der Waals surface area contributed by atoms with Crippen molar-refractivity contribution < 1.29 is 89.4 Å². The molecule has 3 fully saturated rings. The Kier molecular flexibility index (Phi) is 62.4. The highest BCUT2D eigenvalue weighted by atomic mass is 16.8.